The van der Waals surface area contributed by atoms with Crippen LogP contribution in [0.3, 0.4) is 0 Å². The van der Waals surface area contributed by atoms with Gasteiger partial charge in [-0.25, -0.2) is 4.79 Å². The van der Waals surface area contributed by atoms with Crippen molar-refractivity contribution in [3.63, 3.8) is 0 Å². The molecule has 0 spiro atoms. The molecule has 206 valence electrons. The first-order valence-corrected chi connectivity index (χ1v) is 13.6. The average Bonchev–Trinajstić information content (AvgIpc) is 3.47. The lowest BCUT2D eigenvalue weighted by Gasteiger charge is -2.50. The maximum atomic E-state index is 13.9. The zero-order chi connectivity index (χ0) is 26.8. The summed E-state index contributed by atoms with van der Waals surface area (Å²) in [5.74, 6) is -0.266. The van der Waals surface area contributed by atoms with Gasteiger partial charge in [0, 0.05) is 76.7 Å². The Morgan fingerprint density at radius 3 is 2.37 bits per heavy atom. The summed E-state index contributed by atoms with van der Waals surface area (Å²) in [6.07, 6.45) is 2.13. The number of benzene rings is 1. The number of fused-ring (bicyclic) bond motifs is 3. The van der Waals surface area contributed by atoms with E-state index in [2.05, 4.69) is 9.80 Å². The number of carbonyl (C=O) groups is 3. The van der Waals surface area contributed by atoms with Gasteiger partial charge in [0.15, 0.2) is 0 Å². The standard InChI is InChI=1S/C26H36N6O6/c1-2-38-26(35)30-12-10-29(11-13-30)25(34)21-16-19-15-20(32(36)37)5-6-22(19)31-14-9-27(17-23(21)31)18-24(33)28-7-3-4-8-28/h5-6,15,21,23H,2-4,7-14,16-18H2,1H3/t21-,23+/m0/s1. The molecule has 0 radical (unpaired) electrons. The molecule has 1 aromatic carbocycles. The highest BCUT2D eigenvalue weighted by atomic mass is 16.6. The number of nitrogens with zero attached hydrogens (tertiary/aromatic N) is 6. The zero-order valence-corrected chi connectivity index (χ0v) is 21.9. The second-order valence-corrected chi connectivity index (χ2v) is 10.5. The van der Waals surface area contributed by atoms with Gasteiger partial charge in [-0.1, -0.05) is 0 Å². The van der Waals surface area contributed by atoms with Gasteiger partial charge in [0.1, 0.15) is 0 Å². The minimum absolute atomic E-state index is 0.00613. The average molecular weight is 529 g/mol. The van der Waals surface area contributed by atoms with E-state index in [1.54, 1.807) is 28.9 Å². The van der Waals surface area contributed by atoms with Gasteiger partial charge >= 0.3 is 6.09 Å². The van der Waals surface area contributed by atoms with Crippen LogP contribution in [-0.2, 0) is 20.7 Å². The summed E-state index contributed by atoms with van der Waals surface area (Å²) in [6, 6.07) is 4.77. The fraction of sp³-hybridized carbons (Fsp3) is 0.654. The Labute approximate surface area is 222 Å². The number of non-ortho nitro benzene ring substituents is 1. The van der Waals surface area contributed by atoms with Crippen LogP contribution in [-0.4, -0.2) is 121 Å². The van der Waals surface area contributed by atoms with Crippen LogP contribution in [0.2, 0.25) is 0 Å². The number of hydrogen-bond acceptors (Lipinski definition) is 8. The van der Waals surface area contributed by atoms with Crippen molar-refractivity contribution in [1.82, 2.24) is 19.6 Å². The molecule has 4 heterocycles. The van der Waals surface area contributed by atoms with Crippen molar-refractivity contribution in [2.75, 3.05) is 77.0 Å². The Hall–Kier alpha value is -3.41. The monoisotopic (exact) mass is 528 g/mol. The van der Waals surface area contributed by atoms with Crippen molar-refractivity contribution in [3.8, 4) is 0 Å². The molecule has 0 unspecified atom stereocenters. The number of anilines is 1. The topological polar surface area (TPSA) is 120 Å². The van der Waals surface area contributed by atoms with E-state index in [0.717, 1.165) is 37.2 Å². The van der Waals surface area contributed by atoms with Gasteiger partial charge in [-0.2, -0.15) is 0 Å². The number of piperazine rings is 2. The van der Waals surface area contributed by atoms with Crippen LogP contribution >= 0.6 is 0 Å². The largest absolute Gasteiger partial charge is 0.450 e. The van der Waals surface area contributed by atoms with Crippen LogP contribution in [0.5, 0.6) is 0 Å². The lowest BCUT2D eigenvalue weighted by molar-refractivity contribution is -0.384. The number of nitro groups is 1. The maximum Gasteiger partial charge on any atom is 0.409 e. The lowest BCUT2D eigenvalue weighted by Crippen LogP contribution is -2.63. The molecule has 5 rings (SSSR count). The Bertz CT molecular complexity index is 1080. The van der Waals surface area contributed by atoms with Crippen LogP contribution in [0.15, 0.2) is 18.2 Å². The molecule has 4 aliphatic heterocycles. The third-order valence-corrected chi connectivity index (χ3v) is 8.24. The quantitative estimate of drug-likeness (QED) is 0.413. The number of carbonyl (C=O) groups excluding carboxylic acids is 3. The summed E-state index contributed by atoms with van der Waals surface area (Å²) in [5, 5.41) is 11.5. The van der Waals surface area contributed by atoms with Crippen LogP contribution in [0.25, 0.3) is 0 Å². The molecule has 0 aliphatic carbocycles. The fourth-order valence-corrected chi connectivity index (χ4v) is 6.23. The van der Waals surface area contributed by atoms with E-state index in [1.165, 1.54) is 6.07 Å². The van der Waals surface area contributed by atoms with E-state index in [-0.39, 0.29) is 29.6 Å². The zero-order valence-electron chi connectivity index (χ0n) is 21.9. The Kier molecular flexibility index (Phi) is 7.68. The van der Waals surface area contributed by atoms with Gasteiger partial charge < -0.3 is 24.3 Å². The van der Waals surface area contributed by atoms with Gasteiger partial charge in [0.25, 0.3) is 5.69 Å². The molecule has 38 heavy (non-hydrogen) atoms. The number of nitro benzene ring substituents is 1. The Morgan fingerprint density at radius 2 is 1.68 bits per heavy atom. The van der Waals surface area contributed by atoms with Gasteiger partial charge in [-0.15, -0.1) is 0 Å². The minimum Gasteiger partial charge on any atom is -0.450 e. The van der Waals surface area contributed by atoms with Crippen molar-refractivity contribution >= 4 is 29.3 Å². The van der Waals surface area contributed by atoms with Crippen molar-refractivity contribution in [2.24, 2.45) is 5.92 Å². The SMILES string of the molecule is CCOC(=O)N1CCN(C(=O)[C@H]2Cc3cc([N+](=O)[O-])ccc3N3CCN(CC(=O)N4CCCC4)C[C@H]23)CC1. The highest BCUT2D eigenvalue weighted by molar-refractivity contribution is 5.83. The van der Waals surface area contributed by atoms with Crippen LogP contribution in [0.1, 0.15) is 25.3 Å². The summed E-state index contributed by atoms with van der Waals surface area (Å²) in [5.41, 5.74) is 1.76. The highest BCUT2D eigenvalue weighted by Crippen LogP contribution is 2.38. The second kappa shape index (κ2) is 11.1. The molecule has 4 aliphatic rings. The Balaban J connectivity index is 1.34. The molecule has 3 amide bonds. The molecule has 0 saturated carbocycles. The maximum absolute atomic E-state index is 13.9. The van der Waals surface area contributed by atoms with Crippen LogP contribution in [0, 0.1) is 16.0 Å². The van der Waals surface area contributed by atoms with E-state index in [9.17, 15) is 24.5 Å². The van der Waals surface area contributed by atoms with Gasteiger partial charge in [-0.05, 0) is 37.8 Å². The van der Waals surface area contributed by atoms with E-state index in [1.807, 2.05) is 4.90 Å². The number of rotatable bonds is 5. The summed E-state index contributed by atoms with van der Waals surface area (Å²) >= 11 is 0. The second-order valence-electron chi connectivity index (χ2n) is 10.5. The molecule has 1 aromatic rings. The van der Waals surface area contributed by atoms with Crippen LogP contribution < -0.4 is 4.90 Å². The van der Waals surface area contributed by atoms with Gasteiger partial charge in [0.05, 0.1) is 30.0 Å². The number of ether oxygens (including phenoxy) is 1. The number of likely N-dealkylation sites (tertiary alicyclic amines) is 1. The first kappa shape index (κ1) is 26.2. The van der Waals surface area contributed by atoms with E-state index in [0.29, 0.717) is 65.4 Å². The molecule has 2 atom stereocenters. The van der Waals surface area contributed by atoms with E-state index >= 15 is 0 Å². The summed E-state index contributed by atoms with van der Waals surface area (Å²) < 4.78 is 5.10. The van der Waals surface area contributed by atoms with Crippen molar-refractivity contribution in [3.05, 3.63) is 33.9 Å². The summed E-state index contributed by atoms with van der Waals surface area (Å²) in [7, 11) is 0. The Morgan fingerprint density at radius 1 is 0.974 bits per heavy atom. The van der Waals surface area contributed by atoms with Gasteiger partial charge in [-0.3, -0.25) is 24.6 Å². The predicted molar refractivity (Wildman–Crippen MR) is 139 cm³/mol. The molecule has 3 saturated heterocycles. The molecule has 0 aromatic heterocycles. The fourth-order valence-electron chi connectivity index (χ4n) is 6.23. The molecule has 12 nitrogen and oxygen atoms in total. The number of hydrogen-bond donors (Lipinski definition) is 0. The minimum atomic E-state index is -0.403. The molecule has 0 N–H and O–H groups in total. The number of amides is 3. The van der Waals surface area contributed by atoms with Gasteiger partial charge in [0.2, 0.25) is 11.8 Å². The van der Waals surface area contributed by atoms with Crippen molar-refractivity contribution in [1.29, 1.82) is 0 Å². The van der Waals surface area contributed by atoms with Crippen molar-refractivity contribution < 1.29 is 24.0 Å². The molecule has 0 bridgehead atoms. The van der Waals surface area contributed by atoms with E-state index in [4.69, 9.17) is 4.74 Å². The molecule has 12 heteroatoms. The lowest BCUT2D eigenvalue weighted by atomic mass is 9.82. The molecular formula is C26H36N6O6. The molecule has 3 fully saturated rings. The van der Waals surface area contributed by atoms with Crippen LogP contribution in [0.4, 0.5) is 16.2 Å². The molecular weight excluding hydrogens is 492 g/mol. The summed E-state index contributed by atoms with van der Waals surface area (Å²) in [6.45, 7) is 7.59. The highest BCUT2D eigenvalue weighted by Gasteiger charge is 2.44. The first-order chi connectivity index (χ1) is 18.4. The summed E-state index contributed by atoms with van der Waals surface area (Å²) in [4.78, 5) is 59.6. The van der Waals surface area contributed by atoms with E-state index < -0.39 is 10.8 Å². The third kappa shape index (κ3) is 5.27. The van der Waals surface area contributed by atoms with Crippen molar-refractivity contribution in [2.45, 2.75) is 32.2 Å². The smallest absolute Gasteiger partial charge is 0.409 e. The third-order valence-electron chi connectivity index (χ3n) is 8.24. The predicted octanol–water partition coefficient (Wildman–Crippen LogP) is 1.18. The normalized spacial score (nSPS) is 23.6. The first-order valence-electron chi connectivity index (χ1n) is 13.6.